The van der Waals surface area contributed by atoms with Crippen LogP contribution in [0.3, 0.4) is 0 Å². The largest absolute Gasteiger partial charge is 0.339 e. The number of amides is 3. The van der Waals surface area contributed by atoms with Gasteiger partial charge >= 0.3 is 0 Å². The molecule has 0 unspecified atom stereocenters. The smallest absolute Gasteiger partial charge is 0.227 e. The minimum absolute atomic E-state index is 0.0101. The molecule has 0 bridgehead atoms. The summed E-state index contributed by atoms with van der Waals surface area (Å²) in [5.41, 5.74) is 2.04. The van der Waals surface area contributed by atoms with Gasteiger partial charge in [-0.05, 0) is 43.7 Å². The van der Waals surface area contributed by atoms with E-state index < -0.39 is 0 Å². The molecule has 28 heavy (non-hydrogen) atoms. The van der Waals surface area contributed by atoms with Crippen molar-refractivity contribution in [2.24, 2.45) is 11.8 Å². The molecule has 1 aliphatic heterocycles. The van der Waals surface area contributed by atoms with Gasteiger partial charge in [0.2, 0.25) is 17.7 Å². The molecule has 0 radical (unpaired) electrons. The van der Waals surface area contributed by atoms with Gasteiger partial charge in [0.05, 0.1) is 0 Å². The fourth-order valence-electron chi connectivity index (χ4n) is 4.29. The van der Waals surface area contributed by atoms with E-state index in [2.05, 4.69) is 12.2 Å². The van der Waals surface area contributed by atoms with E-state index in [0.717, 1.165) is 43.4 Å². The second kappa shape index (κ2) is 9.22. The molecule has 1 heterocycles. The average Bonchev–Trinajstić information content (AvgIpc) is 2.73. The zero-order valence-electron chi connectivity index (χ0n) is 16.9. The van der Waals surface area contributed by atoms with Crippen LogP contribution in [0.1, 0.15) is 45.1 Å². The minimum Gasteiger partial charge on any atom is -0.339 e. The second-order valence-corrected chi connectivity index (χ2v) is 7.88. The molecule has 1 aliphatic carbocycles. The quantitative estimate of drug-likeness (QED) is 0.866. The highest BCUT2D eigenvalue weighted by molar-refractivity contribution is 5.93. The van der Waals surface area contributed by atoms with Gasteiger partial charge in [-0.25, -0.2) is 0 Å². The molecule has 0 atom stereocenters. The molecule has 2 fully saturated rings. The number of hydrogen-bond acceptors (Lipinski definition) is 3. The van der Waals surface area contributed by atoms with E-state index >= 15 is 0 Å². The third-order valence-electron chi connectivity index (χ3n) is 6.14. The molecule has 3 rings (SSSR count). The van der Waals surface area contributed by atoms with Gasteiger partial charge in [-0.3, -0.25) is 14.4 Å². The number of hydrogen-bond donors (Lipinski definition) is 1. The Labute approximate surface area is 167 Å². The number of carbonyl (C=O) groups is 3. The maximum atomic E-state index is 12.8. The van der Waals surface area contributed by atoms with Crippen LogP contribution in [0.5, 0.6) is 0 Å². The van der Waals surface area contributed by atoms with Crippen molar-refractivity contribution < 1.29 is 14.4 Å². The Kier molecular flexibility index (Phi) is 6.70. The highest BCUT2D eigenvalue weighted by Crippen LogP contribution is 2.31. The van der Waals surface area contributed by atoms with Crippen LogP contribution in [0, 0.1) is 11.8 Å². The lowest BCUT2D eigenvalue weighted by molar-refractivity contribution is -0.142. The monoisotopic (exact) mass is 385 g/mol. The first kappa shape index (κ1) is 20.4. The number of anilines is 1. The zero-order valence-corrected chi connectivity index (χ0v) is 16.9. The number of nitrogens with zero attached hydrogens (tertiary/aromatic N) is 2. The molecule has 1 aromatic carbocycles. The van der Waals surface area contributed by atoms with E-state index in [1.807, 2.05) is 29.2 Å². The molecule has 1 N–H and O–H groups in total. The van der Waals surface area contributed by atoms with Crippen molar-refractivity contribution in [2.75, 3.05) is 31.5 Å². The SMILES string of the molecule is CCc1ccccc1NC(=O)C1CCC(C(=O)N2CCN(C(C)=O)CC2)CC1. The number of carbonyl (C=O) groups excluding carboxylic acids is 3. The van der Waals surface area contributed by atoms with Crippen molar-refractivity contribution in [3.63, 3.8) is 0 Å². The van der Waals surface area contributed by atoms with Crippen molar-refractivity contribution in [1.82, 2.24) is 9.80 Å². The summed E-state index contributed by atoms with van der Waals surface area (Å²) in [5, 5.41) is 3.08. The van der Waals surface area contributed by atoms with Gasteiger partial charge in [0.25, 0.3) is 0 Å². The van der Waals surface area contributed by atoms with Crippen molar-refractivity contribution in [3.8, 4) is 0 Å². The summed E-state index contributed by atoms with van der Waals surface area (Å²) in [4.78, 5) is 40.6. The Morgan fingerprint density at radius 1 is 0.929 bits per heavy atom. The third kappa shape index (κ3) is 4.72. The summed E-state index contributed by atoms with van der Waals surface area (Å²) in [5.74, 6) is 0.322. The maximum Gasteiger partial charge on any atom is 0.227 e. The lowest BCUT2D eigenvalue weighted by Crippen LogP contribution is -2.51. The van der Waals surface area contributed by atoms with Crippen LogP contribution >= 0.6 is 0 Å². The number of aryl methyl sites for hydroxylation is 1. The van der Waals surface area contributed by atoms with E-state index in [-0.39, 0.29) is 29.6 Å². The van der Waals surface area contributed by atoms with Gasteiger partial charge in [-0.15, -0.1) is 0 Å². The summed E-state index contributed by atoms with van der Waals surface area (Å²) < 4.78 is 0. The fourth-order valence-corrected chi connectivity index (χ4v) is 4.29. The lowest BCUT2D eigenvalue weighted by Gasteiger charge is -2.37. The average molecular weight is 386 g/mol. The van der Waals surface area contributed by atoms with Gasteiger partial charge in [0.15, 0.2) is 0 Å². The van der Waals surface area contributed by atoms with Crippen LogP contribution in [0.4, 0.5) is 5.69 Å². The Balaban J connectivity index is 1.48. The molecule has 1 aromatic rings. The first-order chi connectivity index (χ1) is 13.5. The number of piperazine rings is 1. The molecule has 152 valence electrons. The fraction of sp³-hybridized carbons (Fsp3) is 0.591. The van der Waals surface area contributed by atoms with E-state index in [1.54, 1.807) is 11.8 Å². The number of nitrogens with one attached hydrogen (secondary N) is 1. The van der Waals surface area contributed by atoms with Crippen molar-refractivity contribution in [1.29, 1.82) is 0 Å². The summed E-state index contributed by atoms with van der Waals surface area (Å²) >= 11 is 0. The van der Waals surface area contributed by atoms with Crippen LogP contribution in [-0.4, -0.2) is 53.7 Å². The summed E-state index contributed by atoms with van der Waals surface area (Å²) in [7, 11) is 0. The number of rotatable bonds is 4. The minimum atomic E-state index is -0.0245. The molecule has 1 saturated carbocycles. The molecule has 6 heteroatoms. The molecule has 3 amide bonds. The van der Waals surface area contributed by atoms with Crippen LogP contribution in [0.2, 0.25) is 0 Å². The lowest BCUT2D eigenvalue weighted by atomic mass is 9.80. The molecule has 0 spiro atoms. The Morgan fingerprint density at radius 2 is 1.50 bits per heavy atom. The standard InChI is InChI=1S/C22H31N3O3/c1-3-17-6-4-5-7-20(17)23-21(27)18-8-10-19(11-9-18)22(28)25-14-12-24(13-15-25)16(2)26/h4-7,18-19H,3,8-15H2,1-2H3,(H,23,27). The second-order valence-electron chi connectivity index (χ2n) is 7.88. The van der Waals surface area contributed by atoms with E-state index in [0.29, 0.717) is 26.2 Å². The van der Waals surface area contributed by atoms with Gasteiger partial charge in [-0.1, -0.05) is 25.1 Å². The van der Waals surface area contributed by atoms with Crippen LogP contribution < -0.4 is 5.32 Å². The van der Waals surface area contributed by atoms with Gasteiger partial charge in [-0.2, -0.15) is 0 Å². The van der Waals surface area contributed by atoms with Gasteiger partial charge in [0, 0.05) is 50.6 Å². The Hall–Kier alpha value is -2.37. The van der Waals surface area contributed by atoms with Gasteiger partial charge in [0.1, 0.15) is 0 Å². The predicted molar refractivity (Wildman–Crippen MR) is 109 cm³/mol. The summed E-state index contributed by atoms with van der Waals surface area (Å²) in [6.45, 7) is 6.13. The van der Waals surface area contributed by atoms with Crippen molar-refractivity contribution in [2.45, 2.75) is 46.0 Å². The topological polar surface area (TPSA) is 69.7 Å². The summed E-state index contributed by atoms with van der Waals surface area (Å²) in [6, 6.07) is 7.92. The van der Waals surface area contributed by atoms with Crippen LogP contribution in [0.15, 0.2) is 24.3 Å². The molecule has 1 saturated heterocycles. The predicted octanol–water partition coefficient (Wildman–Crippen LogP) is 2.68. The van der Waals surface area contributed by atoms with Crippen molar-refractivity contribution in [3.05, 3.63) is 29.8 Å². The number of benzene rings is 1. The first-order valence-electron chi connectivity index (χ1n) is 10.4. The molecule has 2 aliphatic rings. The van der Waals surface area contributed by atoms with Crippen LogP contribution in [-0.2, 0) is 20.8 Å². The Bertz CT molecular complexity index is 717. The number of para-hydroxylation sites is 1. The third-order valence-corrected chi connectivity index (χ3v) is 6.14. The highest BCUT2D eigenvalue weighted by atomic mass is 16.2. The van der Waals surface area contributed by atoms with Crippen LogP contribution in [0.25, 0.3) is 0 Å². The van der Waals surface area contributed by atoms with Crippen molar-refractivity contribution >= 4 is 23.4 Å². The molecular weight excluding hydrogens is 354 g/mol. The zero-order chi connectivity index (χ0) is 20.1. The molecule has 6 nitrogen and oxygen atoms in total. The van der Waals surface area contributed by atoms with E-state index in [4.69, 9.17) is 0 Å². The van der Waals surface area contributed by atoms with E-state index in [1.165, 1.54) is 0 Å². The molecular formula is C22H31N3O3. The summed E-state index contributed by atoms with van der Waals surface area (Å²) in [6.07, 6.45) is 3.92. The molecule has 0 aromatic heterocycles. The maximum absolute atomic E-state index is 12.8. The normalized spacial score (nSPS) is 22.6. The first-order valence-corrected chi connectivity index (χ1v) is 10.4. The van der Waals surface area contributed by atoms with E-state index in [9.17, 15) is 14.4 Å². The van der Waals surface area contributed by atoms with Gasteiger partial charge < -0.3 is 15.1 Å². The highest BCUT2D eigenvalue weighted by Gasteiger charge is 2.33. The Morgan fingerprint density at radius 3 is 2.11 bits per heavy atom.